The average Bonchev–Trinajstić information content (AvgIpc) is 3.05. The SMILES string of the molecule is CC(=O)CCC[C@@H](C)[C@H]1CC[C@H]2[C@H]3CC=C4C[C@@H](OC(C)=O)CC[C@]4(C)[C@@H]3CC[C@]12C. The Bertz CT molecular complexity index is 739. The first-order chi connectivity index (χ1) is 14.6. The summed E-state index contributed by atoms with van der Waals surface area (Å²) in [6.45, 7) is 10.9. The van der Waals surface area contributed by atoms with E-state index in [0.29, 0.717) is 16.6 Å². The average molecular weight is 429 g/mol. The van der Waals surface area contributed by atoms with E-state index in [4.69, 9.17) is 4.74 Å². The fourth-order valence-corrected chi connectivity index (χ4v) is 8.81. The summed E-state index contributed by atoms with van der Waals surface area (Å²) in [5.41, 5.74) is 2.38. The zero-order valence-electron chi connectivity index (χ0n) is 20.5. The maximum absolute atomic E-state index is 11.5. The maximum atomic E-state index is 11.5. The third kappa shape index (κ3) is 4.15. The smallest absolute Gasteiger partial charge is 0.302 e. The van der Waals surface area contributed by atoms with Gasteiger partial charge in [0.25, 0.3) is 0 Å². The molecule has 0 aliphatic heterocycles. The van der Waals surface area contributed by atoms with Gasteiger partial charge in [0, 0.05) is 19.8 Å². The van der Waals surface area contributed by atoms with E-state index in [0.717, 1.165) is 55.3 Å². The standard InChI is InChI=1S/C28H44O3/c1-18(7-6-8-19(2)29)24-11-12-25-23-10-9-21-17-22(31-20(3)30)13-15-27(21,4)26(23)14-16-28(24,25)5/h9,18,22-26H,6-8,10-17H2,1-5H3/t18-,22+,23-,24-,25+,26-,27+,28-/m1/s1. The highest BCUT2D eigenvalue weighted by Gasteiger charge is 2.59. The lowest BCUT2D eigenvalue weighted by molar-refractivity contribution is -0.148. The van der Waals surface area contributed by atoms with Crippen LogP contribution >= 0.6 is 0 Å². The Morgan fingerprint density at radius 3 is 2.58 bits per heavy atom. The van der Waals surface area contributed by atoms with E-state index in [9.17, 15) is 9.59 Å². The number of carbonyl (C=O) groups is 2. The highest BCUT2D eigenvalue weighted by atomic mass is 16.5. The second kappa shape index (κ2) is 8.67. The van der Waals surface area contributed by atoms with Crippen molar-refractivity contribution in [3.8, 4) is 0 Å². The van der Waals surface area contributed by atoms with Crippen LogP contribution in [0.5, 0.6) is 0 Å². The van der Waals surface area contributed by atoms with Crippen LogP contribution in [-0.4, -0.2) is 17.9 Å². The predicted molar refractivity (Wildman–Crippen MR) is 124 cm³/mol. The Hall–Kier alpha value is -1.12. The number of fused-ring (bicyclic) bond motifs is 5. The lowest BCUT2D eigenvalue weighted by Gasteiger charge is -2.58. The largest absolute Gasteiger partial charge is 0.462 e. The Morgan fingerprint density at radius 1 is 1.10 bits per heavy atom. The van der Waals surface area contributed by atoms with Crippen molar-refractivity contribution in [3.63, 3.8) is 0 Å². The van der Waals surface area contributed by atoms with Gasteiger partial charge in [-0.2, -0.15) is 0 Å². The second-order valence-corrected chi connectivity index (χ2v) is 12.0. The summed E-state index contributed by atoms with van der Waals surface area (Å²) in [5, 5.41) is 0. The molecule has 174 valence electrons. The van der Waals surface area contributed by atoms with Gasteiger partial charge in [0.05, 0.1) is 0 Å². The molecular weight excluding hydrogens is 384 g/mol. The summed E-state index contributed by atoms with van der Waals surface area (Å²) >= 11 is 0. The molecule has 0 spiro atoms. The van der Waals surface area contributed by atoms with Crippen LogP contribution in [0.25, 0.3) is 0 Å². The van der Waals surface area contributed by atoms with Gasteiger partial charge < -0.3 is 9.53 Å². The molecule has 0 N–H and O–H groups in total. The van der Waals surface area contributed by atoms with Crippen molar-refractivity contribution in [3.05, 3.63) is 11.6 Å². The van der Waals surface area contributed by atoms with Crippen LogP contribution in [-0.2, 0) is 14.3 Å². The van der Waals surface area contributed by atoms with Crippen molar-refractivity contribution in [2.45, 2.75) is 111 Å². The number of ether oxygens (including phenoxy) is 1. The molecule has 0 amide bonds. The Kier molecular flexibility index (Phi) is 6.45. The fraction of sp³-hybridized carbons (Fsp3) is 0.857. The molecule has 0 heterocycles. The molecule has 3 nitrogen and oxygen atoms in total. The number of Topliss-reactive ketones (excluding diaryl/α,β-unsaturated/α-hetero) is 1. The van der Waals surface area contributed by atoms with Gasteiger partial charge in [-0.05, 0) is 98.7 Å². The Balaban J connectivity index is 1.47. The fourth-order valence-electron chi connectivity index (χ4n) is 8.81. The summed E-state index contributed by atoms with van der Waals surface area (Å²) in [5.74, 6) is 4.24. The highest BCUT2D eigenvalue weighted by molar-refractivity contribution is 5.75. The quantitative estimate of drug-likeness (QED) is 0.342. The van der Waals surface area contributed by atoms with Gasteiger partial charge in [0.2, 0.25) is 0 Å². The minimum absolute atomic E-state index is 0.0916. The number of hydrogen-bond donors (Lipinski definition) is 0. The summed E-state index contributed by atoms with van der Waals surface area (Å²) in [6.07, 6.45) is 15.6. The third-order valence-corrected chi connectivity index (χ3v) is 10.3. The number of ketones is 1. The number of esters is 1. The number of rotatable bonds is 6. The van der Waals surface area contributed by atoms with Crippen molar-refractivity contribution < 1.29 is 14.3 Å². The summed E-state index contributed by atoms with van der Waals surface area (Å²) < 4.78 is 5.59. The first-order valence-electron chi connectivity index (χ1n) is 13.0. The zero-order valence-corrected chi connectivity index (χ0v) is 20.5. The first-order valence-corrected chi connectivity index (χ1v) is 13.0. The van der Waals surface area contributed by atoms with Crippen LogP contribution in [0.15, 0.2) is 11.6 Å². The Labute approximate surface area is 189 Å². The van der Waals surface area contributed by atoms with Crippen molar-refractivity contribution in [2.24, 2.45) is 40.4 Å². The predicted octanol–water partition coefficient (Wildman–Crippen LogP) is 6.89. The molecule has 0 saturated heterocycles. The normalized spacial score (nSPS) is 42.6. The van der Waals surface area contributed by atoms with Crippen LogP contribution in [0.2, 0.25) is 0 Å². The summed E-state index contributed by atoms with van der Waals surface area (Å²) in [7, 11) is 0. The van der Waals surface area contributed by atoms with E-state index >= 15 is 0 Å². The molecule has 0 bridgehead atoms. The van der Waals surface area contributed by atoms with E-state index in [1.54, 1.807) is 19.4 Å². The van der Waals surface area contributed by atoms with E-state index < -0.39 is 0 Å². The lowest BCUT2D eigenvalue weighted by Crippen LogP contribution is -2.51. The molecule has 4 aliphatic carbocycles. The van der Waals surface area contributed by atoms with Gasteiger partial charge in [0.1, 0.15) is 11.9 Å². The summed E-state index contributed by atoms with van der Waals surface area (Å²) in [6, 6.07) is 0. The highest BCUT2D eigenvalue weighted by Crippen LogP contribution is 2.67. The number of carbonyl (C=O) groups excluding carboxylic acids is 2. The van der Waals surface area contributed by atoms with Gasteiger partial charge in [0.15, 0.2) is 0 Å². The molecule has 8 atom stereocenters. The van der Waals surface area contributed by atoms with E-state index in [1.807, 2.05) is 0 Å². The molecule has 0 aromatic heterocycles. The van der Waals surface area contributed by atoms with Gasteiger partial charge >= 0.3 is 5.97 Å². The molecule has 4 rings (SSSR count). The van der Waals surface area contributed by atoms with Crippen molar-refractivity contribution >= 4 is 11.8 Å². The minimum atomic E-state index is -0.134. The molecule has 0 aromatic rings. The molecule has 31 heavy (non-hydrogen) atoms. The van der Waals surface area contributed by atoms with Crippen LogP contribution in [0.3, 0.4) is 0 Å². The van der Waals surface area contributed by atoms with Gasteiger partial charge in [-0.15, -0.1) is 0 Å². The van der Waals surface area contributed by atoms with Crippen molar-refractivity contribution in [1.29, 1.82) is 0 Å². The topological polar surface area (TPSA) is 43.4 Å². The van der Waals surface area contributed by atoms with Crippen LogP contribution in [0, 0.1) is 40.4 Å². The Morgan fingerprint density at radius 2 is 1.87 bits per heavy atom. The number of hydrogen-bond acceptors (Lipinski definition) is 3. The summed E-state index contributed by atoms with van der Waals surface area (Å²) in [4.78, 5) is 22.8. The molecule has 0 radical (unpaired) electrons. The van der Waals surface area contributed by atoms with Crippen LogP contribution in [0.1, 0.15) is 105 Å². The molecule has 4 aliphatic rings. The van der Waals surface area contributed by atoms with Crippen LogP contribution in [0.4, 0.5) is 0 Å². The second-order valence-electron chi connectivity index (χ2n) is 12.0. The van der Waals surface area contributed by atoms with E-state index in [-0.39, 0.29) is 12.1 Å². The first kappa shape index (κ1) is 23.1. The molecule has 0 aromatic carbocycles. The monoisotopic (exact) mass is 428 g/mol. The van der Waals surface area contributed by atoms with Crippen LogP contribution < -0.4 is 0 Å². The zero-order chi connectivity index (χ0) is 22.4. The van der Waals surface area contributed by atoms with Gasteiger partial charge in [-0.1, -0.05) is 38.8 Å². The third-order valence-electron chi connectivity index (χ3n) is 10.3. The lowest BCUT2D eigenvalue weighted by atomic mass is 9.47. The molecule has 0 unspecified atom stereocenters. The molecule has 3 saturated carbocycles. The van der Waals surface area contributed by atoms with Gasteiger partial charge in [-0.25, -0.2) is 0 Å². The molecular formula is C28H44O3. The van der Waals surface area contributed by atoms with E-state index in [1.165, 1.54) is 44.9 Å². The van der Waals surface area contributed by atoms with Crippen molar-refractivity contribution in [2.75, 3.05) is 0 Å². The maximum Gasteiger partial charge on any atom is 0.302 e. The van der Waals surface area contributed by atoms with E-state index in [2.05, 4.69) is 26.8 Å². The van der Waals surface area contributed by atoms with Crippen molar-refractivity contribution in [1.82, 2.24) is 0 Å². The molecule has 3 fully saturated rings. The minimum Gasteiger partial charge on any atom is -0.462 e. The molecule has 3 heteroatoms. The number of allylic oxidation sites excluding steroid dienone is 1. The van der Waals surface area contributed by atoms with Gasteiger partial charge in [-0.3, -0.25) is 4.79 Å².